The van der Waals surface area contributed by atoms with Crippen LogP contribution in [0.5, 0.6) is 0 Å². The molecule has 16 heavy (non-hydrogen) atoms. The van der Waals surface area contributed by atoms with Crippen molar-refractivity contribution in [2.75, 3.05) is 13.1 Å². The van der Waals surface area contributed by atoms with Crippen LogP contribution in [0.3, 0.4) is 0 Å². The van der Waals surface area contributed by atoms with Gasteiger partial charge in [-0.25, -0.2) is 0 Å². The lowest BCUT2D eigenvalue weighted by Gasteiger charge is -2.30. The fourth-order valence-electron chi connectivity index (χ4n) is 1.92. The quantitative estimate of drug-likeness (QED) is 0.685. The fraction of sp³-hybridized carbons (Fsp3) is 0.692. The number of rotatable bonds is 4. The lowest BCUT2D eigenvalue weighted by molar-refractivity contribution is -0.133. The van der Waals surface area contributed by atoms with E-state index in [0.717, 1.165) is 31.8 Å². The van der Waals surface area contributed by atoms with Crippen LogP contribution in [0.1, 0.15) is 39.5 Å². The third-order valence-corrected chi connectivity index (χ3v) is 3.07. The number of piperidine rings is 1. The molecule has 1 saturated heterocycles. The first-order chi connectivity index (χ1) is 7.63. The van der Waals surface area contributed by atoms with E-state index in [2.05, 4.69) is 6.92 Å². The summed E-state index contributed by atoms with van der Waals surface area (Å²) < 4.78 is 0. The maximum absolute atomic E-state index is 11.8. The molecule has 90 valence electrons. The molecule has 0 N–H and O–H groups in total. The second kappa shape index (κ2) is 6.46. The number of carbonyl (C=O) groups is 2. The Bertz CT molecular complexity index is 276. The predicted octanol–water partition coefficient (Wildman–Crippen LogP) is 2.17. The number of allylic oxidation sites excluding steroid dienone is 2. The molecule has 3 heteroatoms. The van der Waals surface area contributed by atoms with Gasteiger partial charge in [0.05, 0.1) is 0 Å². The Morgan fingerprint density at radius 1 is 1.25 bits per heavy atom. The number of hydrogen-bond donors (Lipinski definition) is 0. The van der Waals surface area contributed by atoms with Gasteiger partial charge in [0.15, 0.2) is 5.78 Å². The SMILES string of the molecule is C/C=C/C(=O)CCC(=O)N1CCC(C)CC1. The van der Waals surface area contributed by atoms with Crippen molar-refractivity contribution in [1.82, 2.24) is 4.90 Å². The van der Waals surface area contributed by atoms with Crippen molar-refractivity contribution in [2.24, 2.45) is 5.92 Å². The first kappa shape index (κ1) is 12.9. The number of hydrogen-bond acceptors (Lipinski definition) is 2. The summed E-state index contributed by atoms with van der Waals surface area (Å²) in [6, 6.07) is 0. The van der Waals surface area contributed by atoms with E-state index < -0.39 is 0 Å². The van der Waals surface area contributed by atoms with E-state index in [1.54, 1.807) is 6.08 Å². The second-order valence-electron chi connectivity index (χ2n) is 4.53. The van der Waals surface area contributed by atoms with Crippen molar-refractivity contribution in [3.05, 3.63) is 12.2 Å². The molecular weight excluding hydrogens is 202 g/mol. The van der Waals surface area contributed by atoms with Crippen molar-refractivity contribution in [1.29, 1.82) is 0 Å². The Kier molecular flexibility index (Phi) is 5.23. The second-order valence-corrected chi connectivity index (χ2v) is 4.53. The molecule has 1 heterocycles. The number of nitrogens with zero attached hydrogens (tertiary/aromatic N) is 1. The van der Waals surface area contributed by atoms with Gasteiger partial charge in [0, 0.05) is 25.9 Å². The largest absolute Gasteiger partial charge is 0.343 e. The lowest BCUT2D eigenvalue weighted by atomic mass is 9.99. The van der Waals surface area contributed by atoms with Gasteiger partial charge in [-0.05, 0) is 31.8 Å². The highest BCUT2D eigenvalue weighted by Crippen LogP contribution is 2.16. The van der Waals surface area contributed by atoms with Crippen LogP contribution in [0, 0.1) is 5.92 Å². The van der Waals surface area contributed by atoms with Crippen molar-refractivity contribution < 1.29 is 9.59 Å². The molecule has 1 aliphatic rings. The van der Waals surface area contributed by atoms with E-state index >= 15 is 0 Å². The molecule has 0 atom stereocenters. The van der Waals surface area contributed by atoms with Crippen LogP contribution in [0.2, 0.25) is 0 Å². The van der Waals surface area contributed by atoms with Gasteiger partial charge in [0.2, 0.25) is 5.91 Å². The topological polar surface area (TPSA) is 37.4 Å². The summed E-state index contributed by atoms with van der Waals surface area (Å²) in [6.07, 6.45) is 6.14. The molecule has 1 amide bonds. The minimum absolute atomic E-state index is 0.0428. The van der Waals surface area contributed by atoms with E-state index in [0.29, 0.717) is 12.8 Å². The summed E-state index contributed by atoms with van der Waals surface area (Å²) in [5.74, 6) is 0.902. The number of likely N-dealkylation sites (tertiary alicyclic amines) is 1. The van der Waals surface area contributed by atoms with Crippen LogP contribution >= 0.6 is 0 Å². The molecule has 0 unspecified atom stereocenters. The molecule has 0 aromatic rings. The Labute approximate surface area is 97.5 Å². The standard InChI is InChI=1S/C13H21NO2/c1-3-4-12(15)5-6-13(16)14-9-7-11(2)8-10-14/h3-4,11H,5-10H2,1-2H3/b4-3+. The molecule has 0 aromatic heterocycles. The monoisotopic (exact) mass is 223 g/mol. The minimum atomic E-state index is 0.0428. The average Bonchev–Trinajstić information content (AvgIpc) is 2.27. The summed E-state index contributed by atoms with van der Waals surface area (Å²) in [5.41, 5.74) is 0. The van der Waals surface area contributed by atoms with Crippen LogP contribution in [0.15, 0.2) is 12.2 Å². The Hall–Kier alpha value is -1.12. The van der Waals surface area contributed by atoms with Crippen molar-refractivity contribution in [3.63, 3.8) is 0 Å². The number of ketones is 1. The fourth-order valence-corrected chi connectivity index (χ4v) is 1.92. The zero-order valence-electron chi connectivity index (χ0n) is 10.2. The molecule has 0 aromatic carbocycles. The van der Waals surface area contributed by atoms with E-state index in [-0.39, 0.29) is 11.7 Å². The lowest BCUT2D eigenvalue weighted by Crippen LogP contribution is -2.37. The minimum Gasteiger partial charge on any atom is -0.343 e. The van der Waals surface area contributed by atoms with Crippen LogP contribution in [0.25, 0.3) is 0 Å². The van der Waals surface area contributed by atoms with Gasteiger partial charge >= 0.3 is 0 Å². The zero-order valence-corrected chi connectivity index (χ0v) is 10.2. The van der Waals surface area contributed by atoms with E-state index in [1.165, 1.54) is 6.08 Å². The maximum atomic E-state index is 11.8. The van der Waals surface area contributed by atoms with Gasteiger partial charge in [-0.3, -0.25) is 9.59 Å². The third kappa shape index (κ3) is 4.17. The molecule has 3 nitrogen and oxygen atoms in total. The van der Waals surface area contributed by atoms with Crippen molar-refractivity contribution in [3.8, 4) is 0 Å². The number of carbonyl (C=O) groups excluding carboxylic acids is 2. The molecule has 1 rings (SSSR count). The molecular formula is C13H21NO2. The molecule has 0 spiro atoms. The normalized spacial score (nSPS) is 18.0. The van der Waals surface area contributed by atoms with Gasteiger partial charge in [-0.2, -0.15) is 0 Å². The molecule has 1 fully saturated rings. The molecule has 0 radical (unpaired) electrons. The predicted molar refractivity (Wildman–Crippen MR) is 64.0 cm³/mol. The highest BCUT2D eigenvalue weighted by molar-refractivity contribution is 5.92. The molecule has 0 saturated carbocycles. The highest BCUT2D eigenvalue weighted by atomic mass is 16.2. The zero-order chi connectivity index (χ0) is 12.0. The summed E-state index contributed by atoms with van der Waals surface area (Å²) in [4.78, 5) is 24.9. The average molecular weight is 223 g/mol. The van der Waals surface area contributed by atoms with Crippen molar-refractivity contribution in [2.45, 2.75) is 39.5 Å². The summed E-state index contributed by atoms with van der Waals surface area (Å²) >= 11 is 0. The molecule has 1 aliphatic heterocycles. The Balaban J connectivity index is 2.27. The first-order valence-electron chi connectivity index (χ1n) is 6.06. The highest BCUT2D eigenvalue weighted by Gasteiger charge is 2.20. The number of amides is 1. The van der Waals surface area contributed by atoms with Gasteiger partial charge in [0.25, 0.3) is 0 Å². The van der Waals surface area contributed by atoms with Crippen molar-refractivity contribution >= 4 is 11.7 Å². The van der Waals surface area contributed by atoms with Gasteiger partial charge in [-0.15, -0.1) is 0 Å². The van der Waals surface area contributed by atoms with E-state index in [4.69, 9.17) is 0 Å². The van der Waals surface area contributed by atoms with E-state index in [1.807, 2.05) is 11.8 Å². The first-order valence-corrected chi connectivity index (χ1v) is 6.06. The summed E-state index contributed by atoms with van der Waals surface area (Å²) in [5, 5.41) is 0. The van der Waals surface area contributed by atoms with Crippen LogP contribution in [0.4, 0.5) is 0 Å². The van der Waals surface area contributed by atoms with Gasteiger partial charge in [0.1, 0.15) is 0 Å². The maximum Gasteiger partial charge on any atom is 0.223 e. The van der Waals surface area contributed by atoms with Crippen LogP contribution in [-0.2, 0) is 9.59 Å². The van der Waals surface area contributed by atoms with Gasteiger partial charge in [-0.1, -0.05) is 13.0 Å². The summed E-state index contributed by atoms with van der Waals surface area (Å²) in [7, 11) is 0. The van der Waals surface area contributed by atoms with Gasteiger partial charge < -0.3 is 4.90 Å². The molecule has 0 bridgehead atoms. The van der Waals surface area contributed by atoms with Crippen LogP contribution in [-0.4, -0.2) is 29.7 Å². The summed E-state index contributed by atoms with van der Waals surface area (Å²) in [6.45, 7) is 5.75. The molecule has 0 aliphatic carbocycles. The van der Waals surface area contributed by atoms with Crippen LogP contribution < -0.4 is 0 Å². The smallest absolute Gasteiger partial charge is 0.223 e. The van der Waals surface area contributed by atoms with E-state index in [9.17, 15) is 9.59 Å². The third-order valence-electron chi connectivity index (χ3n) is 3.07. The Morgan fingerprint density at radius 3 is 2.44 bits per heavy atom. The Morgan fingerprint density at radius 2 is 1.88 bits per heavy atom.